The molecule has 0 unspecified atom stereocenters. The first-order valence-electron chi connectivity index (χ1n) is 9.27. The van der Waals surface area contributed by atoms with Crippen molar-refractivity contribution in [2.75, 3.05) is 31.1 Å². The second kappa shape index (κ2) is 7.85. The molecule has 30 heavy (non-hydrogen) atoms. The molecule has 0 saturated carbocycles. The van der Waals surface area contributed by atoms with Crippen LogP contribution < -0.4 is 10.2 Å². The van der Waals surface area contributed by atoms with Crippen molar-refractivity contribution in [1.82, 2.24) is 15.2 Å². The number of likely N-dealkylation sites (tertiary alicyclic amines) is 1. The number of piperidine rings is 1. The van der Waals surface area contributed by atoms with Gasteiger partial charge in [0.15, 0.2) is 5.41 Å². The van der Waals surface area contributed by atoms with Gasteiger partial charge in [0, 0.05) is 38.4 Å². The third-order valence-corrected chi connectivity index (χ3v) is 5.67. The molecule has 1 aromatic rings. The maximum atomic E-state index is 13.2. The number of amides is 2. The SMILES string of the molecule is N#Cc1ccc(N2CCC(NC(=O)N3CCC(C(F)(F)F)(C(F)(F)F)C3)CC2)nc1. The Kier molecular flexibility index (Phi) is 5.75. The zero-order valence-corrected chi connectivity index (χ0v) is 15.7. The molecule has 0 radical (unpaired) electrons. The van der Waals surface area contributed by atoms with E-state index < -0.39 is 43.3 Å². The molecule has 0 aromatic carbocycles. The van der Waals surface area contributed by atoms with Gasteiger partial charge in [-0.25, -0.2) is 9.78 Å². The zero-order valence-electron chi connectivity index (χ0n) is 15.7. The molecule has 2 amide bonds. The largest absolute Gasteiger partial charge is 0.404 e. The van der Waals surface area contributed by atoms with Gasteiger partial charge in [-0.2, -0.15) is 31.6 Å². The van der Waals surface area contributed by atoms with E-state index in [2.05, 4.69) is 10.3 Å². The van der Waals surface area contributed by atoms with Crippen LogP contribution in [-0.4, -0.2) is 60.5 Å². The third kappa shape index (κ3) is 4.11. The van der Waals surface area contributed by atoms with Gasteiger partial charge in [-0.1, -0.05) is 0 Å². The van der Waals surface area contributed by atoms with Crippen molar-refractivity contribution in [3.05, 3.63) is 23.9 Å². The van der Waals surface area contributed by atoms with Gasteiger partial charge in [-0.3, -0.25) is 0 Å². The summed E-state index contributed by atoms with van der Waals surface area (Å²) in [5.41, 5.74) is -3.47. The number of rotatable bonds is 2. The van der Waals surface area contributed by atoms with Crippen molar-refractivity contribution in [3.8, 4) is 6.07 Å². The summed E-state index contributed by atoms with van der Waals surface area (Å²) in [6.07, 6.45) is -9.81. The Bertz CT molecular complexity index is 794. The summed E-state index contributed by atoms with van der Waals surface area (Å²) < 4.78 is 78.9. The highest BCUT2D eigenvalue weighted by molar-refractivity contribution is 5.75. The average molecular weight is 435 g/mol. The monoisotopic (exact) mass is 435 g/mol. The lowest BCUT2D eigenvalue weighted by Gasteiger charge is -2.35. The smallest absolute Gasteiger partial charge is 0.356 e. The molecule has 3 rings (SSSR count). The number of nitriles is 1. The number of nitrogens with one attached hydrogen (secondary N) is 1. The van der Waals surface area contributed by atoms with E-state index in [1.807, 2.05) is 11.0 Å². The highest BCUT2D eigenvalue weighted by Gasteiger charge is 2.72. The Hall–Kier alpha value is -2.71. The topological polar surface area (TPSA) is 72.3 Å². The first kappa shape index (κ1) is 22.0. The Morgan fingerprint density at radius 2 is 1.77 bits per heavy atom. The van der Waals surface area contributed by atoms with Crippen LogP contribution in [0.5, 0.6) is 0 Å². The number of urea groups is 1. The summed E-state index contributed by atoms with van der Waals surface area (Å²) in [5.74, 6) is 0.651. The van der Waals surface area contributed by atoms with E-state index in [0.717, 1.165) is 0 Å². The van der Waals surface area contributed by atoms with Gasteiger partial charge in [-0.05, 0) is 31.4 Å². The summed E-state index contributed by atoms with van der Waals surface area (Å²) >= 11 is 0. The normalized spacial score (nSPS) is 20.2. The number of alkyl halides is 6. The fourth-order valence-corrected chi connectivity index (χ4v) is 3.76. The van der Waals surface area contributed by atoms with Crippen LogP contribution in [0.15, 0.2) is 18.3 Å². The van der Waals surface area contributed by atoms with Gasteiger partial charge >= 0.3 is 18.4 Å². The van der Waals surface area contributed by atoms with Gasteiger partial charge < -0.3 is 15.1 Å². The summed E-state index contributed by atoms with van der Waals surface area (Å²) in [6.45, 7) is -1.05. The standard InChI is InChI=1S/C18H19F6N5O/c19-17(20,21)16(18(22,23)24)5-8-29(11-16)15(30)27-13-3-6-28(7-4-13)14-2-1-12(9-25)10-26-14/h1-2,10,13H,3-8,11H2,(H,27,30). The fourth-order valence-electron chi connectivity index (χ4n) is 3.76. The summed E-state index contributed by atoms with van der Waals surface area (Å²) in [7, 11) is 0. The summed E-state index contributed by atoms with van der Waals surface area (Å²) in [4.78, 5) is 19.0. The maximum absolute atomic E-state index is 13.2. The second-order valence-electron chi connectivity index (χ2n) is 7.48. The van der Waals surface area contributed by atoms with Crippen molar-refractivity contribution >= 4 is 11.8 Å². The van der Waals surface area contributed by atoms with Crippen LogP contribution in [-0.2, 0) is 0 Å². The van der Waals surface area contributed by atoms with Crippen LogP contribution >= 0.6 is 0 Å². The zero-order chi connectivity index (χ0) is 22.2. The molecule has 2 saturated heterocycles. The number of carbonyl (C=O) groups excluding carboxylic acids is 1. The predicted molar refractivity (Wildman–Crippen MR) is 93.5 cm³/mol. The Morgan fingerprint density at radius 3 is 2.23 bits per heavy atom. The molecule has 12 heteroatoms. The molecule has 1 N–H and O–H groups in total. The highest BCUT2D eigenvalue weighted by atomic mass is 19.4. The molecule has 2 aliphatic heterocycles. The quantitative estimate of drug-likeness (QED) is 0.723. The highest BCUT2D eigenvalue weighted by Crippen LogP contribution is 2.55. The van der Waals surface area contributed by atoms with E-state index in [0.29, 0.717) is 42.2 Å². The van der Waals surface area contributed by atoms with E-state index >= 15 is 0 Å². The molecular weight excluding hydrogens is 416 g/mol. The molecule has 6 nitrogen and oxygen atoms in total. The number of pyridine rings is 1. The lowest BCUT2D eigenvalue weighted by molar-refractivity contribution is -0.334. The number of nitrogens with zero attached hydrogens (tertiary/aromatic N) is 4. The Morgan fingerprint density at radius 1 is 1.13 bits per heavy atom. The van der Waals surface area contributed by atoms with Gasteiger partial charge in [0.2, 0.25) is 0 Å². The molecule has 0 bridgehead atoms. The molecule has 0 spiro atoms. The molecular formula is C18H19F6N5O. The van der Waals surface area contributed by atoms with Crippen LogP contribution in [0.3, 0.4) is 0 Å². The number of aromatic nitrogens is 1. The molecule has 1 aromatic heterocycles. The van der Waals surface area contributed by atoms with Crippen molar-refractivity contribution in [2.24, 2.45) is 5.41 Å². The minimum absolute atomic E-state index is 0.362. The van der Waals surface area contributed by atoms with E-state index in [-0.39, 0.29) is 6.04 Å². The van der Waals surface area contributed by atoms with Crippen molar-refractivity contribution < 1.29 is 31.1 Å². The first-order valence-corrected chi connectivity index (χ1v) is 9.27. The summed E-state index contributed by atoms with van der Waals surface area (Å²) in [5, 5.41) is 11.4. The van der Waals surface area contributed by atoms with Crippen LogP contribution in [0.25, 0.3) is 0 Å². The number of anilines is 1. The van der Waals surface area contributed by atoms with Gasteiger partial charge in [0.1, 0.15) is 11.9 Å². The Balaban J connectivity index is 1.56. The van der Waals surface area contributed by atoms with Crippen LogP contribution in [0, 0.1) is 16.7 Å². The molecule has 0 aliphatic carbocycles. The van der Waals surface area contributed by atoms with Crippen molar-refractivity contribution in [1.29, 1.82) is 5.26 Å². The van der Waals surface area contributed by atoms with E-state index in [1.165, 1.54) is 6.20 Å². The minimum atomic E-state index is -5.49. The molecule has 164 valence electrons. The minimum Gasteiger partial charge on any atom is -0.356 e. The maximum Gasteiger partial charge on any atom is 0.404 e. The van der Waals surface area contributed by atoms with Gasteiger partial charge in [0.05, 0.1) is 5.56 Å². The number of hydrogen-bond acceptors (Lipinski definition) is 4. The van der Waals surface area contributed by atoms with Gasteiger partial charge in [-0.15, -0.1) is 0 Å². The molecule has 0 atom stereocenters. The predicted octanol–water partition coefficient (Wildman–Crippen LogP) is 3.45. The fraction of sp³-hybridized carbons (Fsp3) is 0.611. The summed E-state index contributed by atoms with van der Waals surface area (Å²) in [6, 6.07) is 4.00. The van der Waals surface area contributed by atoms with E-state index in [4.69, 9.17) is 5.26 Å². The average Bonchev–Trinajstić information content (AvgIpc) is 3.16. The van der Waals surface area contributed by atoms with Crippen LogP contribution in [0.2, 0.25) is 0 Å². The molecule has 3 heterocycles. The second-order valence-corrected chi connectivity index (χ2v) is 7.48. The van der Waals surface area contributed by atoms with E-state index in [9.17, 15) is 31.1 Å². The van der Waals surface area contributed by atoms with Crippen LogP contribution in [0.1, 0.15) is 24.8 Å². The number of carbonyl (C=O) groups is 1. The lowest BCUT2D eigenvalue weighted by atomic mass is 9.85. The van der Waals surface area contributed by atoms with E-state index in [1.54, 1.807) is 12.1 Å². The molecule has 2 fully saturated rings. The Labute approximate surface area is 168 Å². The van der Waals surface area contributed by atoms with Crippen molar-refractivity contribution in [2.45, 2.75) is 37.7 Å². The lowest BCUT2D eigenvalue weighted by Crippen LogP contribution is -2.54. The molecule has 2 aliphatic rings. The number of hydrogen-bond donors (Lipinski definition) is 1. The first-order chi connectivity index (χ1) is 14.0. The number of halogens is 6. The van der Waals surface area contributed by atoms with Crippen molar-refractivity contribution in [3.63, 3.8) is 0 Å². The third-order valence-electron chi connectivity index (χ3n) is 5.67. The van der Waals surface area contributed by atoms with Crippen LogP contribution in [0.4, 0.5) is 37.0 Å². The van der Waals surface area contributed by atoms with Gasteiger partial charge in [0.25, 0.3) is 0 Å².